The first-order valence-corrected chi connectivity index (χ1v) is 16.6. The summed E-state index contributed by atoms with van der Waals surface area (Å²) in [4.78, 5) is 47.2. The van der Waals surface area contributed by atoms with Crippen LogP contribution >= 0.6 is 11.6 Å². The molecule has 3 amide bonds. The minimum atomic E-state index is -1.01. The van der Waals surface area contributed by atoms with E-state index in [4.69, 9.17) is 21.3 Å². The summed E-state index contributed by atoms with van der Waals surface area (Å²) in [6.45, 7) is 14.8. The van der Waals surface area contributed by atoms with Gasteiger partial charge in [0.25, 0.3) is 11.8 Å². The Hall–Kier alpha value is -4.40. The fraction of sp³-hybridized carbons (Fsp3) is 0.472. The number of imidazole rings is 1. The Bertz CT molecular complexity index is 1730. The third kappa shape index (κ3) is 8.54. The van der Waals surface area contributed by atoms with E-state index in [9.17, 15) is 24.8 Å². The molecule has 1 saturated heterocycles. The van der Waals surface area contributed by atoms with Crippen LogP contribution in [0, 0.1) is 16.7 Å². The van der Waals surface area contributed by atoms with Crippen molar-refractivity contribution in [3.8, 4) is 6.07 Å². The van der Waals surface area contributed by atoms with Crippen LogP contribution in [-0.2, 0) is 22.6 Å². The first-order valence-electron chi connectivity index (χ1n) is 16.2. The van der Waals surface area contributed by atoms with E-state index in [2.05, 4.69) is 11.4 Å². The summed E-state index contributed by atoms with van der Waals surface area (Å²) in [7, 11) is 0. The largest absolute Gasteiger partial charge is 0.465 e. The maximum atomic E-state index is 13.7. The number of likely N-dealkylation sites (tertiary alicyclic amines) is 1. The lowest BCUT2D eigenvalue weighted by Crippen LogP contribution is -2.44. The van der Waals surface area contributed by atoms with Gasteiger partial charge in [-0.1, -0.05) is 38.4 Å². The highest BCUT2D eigenvalue weighted by Crippen LogP contribution is 2.30. The molecule has 1 aliphatic heterocycles. The van der Waals surface area contributed by atoms with Gasteiger partial charge in [0.1, 0.15) is 11.6 Å². The Morgan fingerprint density at radius 3 is 2.48 bits per heavy atom. The zero-order valence-corrected chi connectivity index (χ0v) is 29.5. The van der Waals surface area contributed by atoms with Gasteiger partial charge in [0, 0.05) is 42.9 Å². The summed E-state index contributed by atoms with van der Waals surface area (Å²) in [5.41, 5.74) is 1.38. The van der Waals surface area contributed by atoms with E-state index in [0.717, 1.165) is 12.0 Å². The summed E-state index contributed by atoms with van der Waals surface area (Å²) in [6, 6.07) is 13.6. The second kappa shape index (κ2) is 14.8. The number of fused-ring (bicyclic) bond motifs is 1. The van der Waals surface area contributed by atoms with Crippen LogP contribution < -0.4 is 5.32 Å². The molecular weight excluding hydrogens is 632 g/mol. The number of carbonyl (C=O) groups is 3. The van der Waals surface area contributed by atoms with Crippen molar-refractivity contribution in [2.45, 2.75) is 92.1 Å². The number of aromatic nitrogens is 2. The average molecular weight is 677 g/mol. The van der Waals surface area contributed by atoms with Crippen LogP contribution in [0.4, 0.5) is 10.7 Å². The lowest BCUT2D eigenvalue weighted by molar-refractivity contribution is -0.127. The quantitative estimate of drug-likeness (QED) is 0.163. The third-order valence-corrected chi connectivity index (χ3v) is 9.11. The molecule has 2 aromatic carbocycles. The number of carbonyl (C=O) groups excluding carboxylic acids is 2. The van der Waals surface area contributed by atoms with Gasteiger partial charge in [-0.15, -0.1) is 0 Å². The van der Waals surface area contributed by atoms with E-state index in [0.29, 0.717) is 47.7 Å². The highest BCUT2D eigenvalue weighted by molar-refractivity contribution is 6.30. The zero-order chi connectivity index (χ0) is 35.4. The van der Waals surface area contributed by atoms with Gasteiger partial charge in [-0.25, -0.2) is 9.78 Å². The second-order valence-corrected chi connectivity index (χ2v) is 14.2. The molecule has 0 bridgehead atoms. The molecular formula is C36H45ClN6O5. The van der Waals surface area contributed by atoms with Gasteiger partial charge >= 0.3 is 6.09 Å². The van der Waals surface area contributed by atoms with Crippen molar-refractivity contribution in [2.75, 3.05) is 18.5 Å². The van der Waals surface area contributed by atoms with Crippen molar-refractivity contribution in [2.24, 2.45) is 5.41 Å². The molecule has 1 unspecified atom stereocenters. The normalized spacial score (nSPS) is 16.1. The number of benzene rings is 2. The van der Waals surface area contributed by atoms with Crippen molar-refractivity contribution in [3.63, 3.8) is 0 Å². The van der Waals surface area contributed by atoms with Gasteiger partial charge in [0.2, 0.25) is 5.95 Å². The molecule has 2 N–H and O–H groups in total. The summed E-state index contributed by atoms with van der Waals surface area (Å²) in [5.74, 6) is -0.465. The van der Waals surface area contributed by atoms with Gasteiger partial charge in [0.05, 0.1) is 22.7 Å². The Balaban J connectivity index is 1.71. The Morgan fingerprint density at radius 2 is 1.88 bits per heavy atom. The maximum Gasteiger partial charge on any atom is 0.407 e. The molecule has 0 radical (unpaired) electrons. The molecule has 11 nitrogen and oxygen atoms in total. The predicted octanol–water partition coefficient (Wildman–Crippen LogP) is 7.11. The smallest absolute Gasteiger partial charge is 0.407 e. The minimum Gasteiger partial charge on any atom is -0.465 e. The van der Waals surface area contributed by atoms with Crippen molar-refractivity contribution in [1.29, 1.82) is 5.26 Å². The van der Waals surface area contributed by atoms with Crippen LogP contribution in [0.5, 0.6) is 0 Å². The van der Waals surface area contributed by atoms with Gasteiger partial charge in [-0.05, 0) is 94.0 Å². The molecule has 12 heteroatoms. The highest BCUT2D eigenvalue weighted by atomic mass is 35.5. The van der Waals surface area contributed by atoms with Crippen molar-refractivity contribution < 1.29 is 24.2 Å². The number of nitriles is 1. The van der Waals surface area contributed by atoms with E-state index in [1.54, 1.807) is 35.2 Å². The molecule has 1 aromatic heterocycles. The topological polar surface area (TPSA) is 141 Å². The van der Waals surface area contributed by atoms with Gasteiger partial charge in [-0.2, -0.15) is 5.26 Å². The lowest BCUT2D eigenvalue weighted by Gasteiger charge is -2.36. The van der Waals surface area contributed by atoms with Crippen LogP contribution in [0.1, 0.15) is 77.2 Å². The summed E-state index contributed by atoms with van der Waals surface area (Å²) in [6.07, 6.45) is 2.01. The van der Waals surface area contributed by atoms with Crippen LogP contribution in [-0.4, -0.2) is 73.2 Å². The second-order valence-electron chi connectivity index (χ2n) is 13.8. The summed E-state index contributed by atoms with van der Waals surface area (Å²) < 4.78 is 7.58. The number of rotatable bonds is 11. The van der Waals surface area contributed by atoms with E-state index in [1.165, 1.54) is 4.90 Å². The number of anilines is 1. The standard InChI is InChI=1S/C36H45ClN6O5/c1-8-48-36(6,7)19-26(20-38)32(45)41-17-9-10-28(41)22-43-30-16-11-24(21-42(34(46)47)23(2)35(3,4)5)18-29(30)39-33(43)40-31(44)25-12-14-27(37)15-13-25/h11-16,18-19,23,28H,8-10,17,21-22H2,1-7H3,(H,46,47)(H,39,40,44)/t23-,28?/m0/s1. The maximum absolute atomic E-state index is 13.7. The van der Waals surface area contributed by atoms with Crippen molar-refractivity contribution in [3.05, 3.63) is 70.3 Å². The number of carboxylic acid groups (broad SMARTS) is 1. The van der Waals surface area contributed by atoms with Crippen LogP contribution in [0.2, 0.25) is 5.02 Å². The van der Waals surface area contributed by atoms with Crippen molar-refractivity contribution >= 4 is 46.5 Å². The number of hydrogen-bond acceptors (Lipinski definition) is 6. The lowest BCUT2D eigenvalue weighted by atomic mass is 9.87. The number of nitrogens with one attached hydrogen (secondary N) is 1. The summed E-state index contributed by atoms with van der Waals surface area (Å²) >= 11 is 6.04. The number of halogens is 1. The Kier molecular flexibility index (Phi) is 11.2. The number of hydrogen-bond donors (Lipinski definition) is 2. The molecule has 2 heterocycles. The fourth-order valence-corrected chi connectivity index (χ4v) is 6.05. The van der Waals surface area contributed by atoms with Crippen LogP contribution in [0.15, 0.2) is 54.1 Å². The van der Waals surface area contributed by atoms with Gasteiger partial charge in [0.15, 0.2) is 0 Å². The van der Waals surface area contributed by atoms with Gasteiger partial charge < -0.3 is 24.2 Å². The molecule has 0 aliphatic carbocycles. The van der Waals surface area contributed by atoms with E-state index in [1.807, 2.05) is 71.2 Å². The van der Waals surface area contributed by atoms with E-state index >= 15 is 0 Å². The molecule has 48 heavy (non-hydrogen) atoms. The predicted molar refractivity (Wildman–Crippen MR) is 186 cm³/mol. The molecule has 2 atom stereocenters. The molecule has 3 aromatic rings. The zero-order valence-electron chi connectivity index (χ0n) is 28.7. The summed E-state index contributed by atoms with van der Waals surface area (Å²) in [5, 5.41) is 23.4. The van der Waals surface area contributed by atoms with E-state index in [-0.39, 0.29) is 47.4 Å². The first-order chi connectivity index (χ1) is 22.5. The Morgan fingerprint density at radius 1 is 1.19 bits per heavy atom. The molecule has 256 valence electrons. The number of nitrogens with zero attached hydrogens (tertiary/aromatic N) is 5. The Labute approximate surface area is 287 Å². The molecule has 0 saturated carbocycles. The van der Waals surface area contributed by atoms with Crippen LogP contribution in [0.3, 0.4) is 0 Å². The SMILES string of the molecule is CCOC(C)(C)C=C(C#N)C(=O)N1CCCC1Cn1c(NC(=O)c2ccc(Cl)cc2)nc2cc(CN(C(=O)O)[C@@H](C)C(C)(C)C)ccc21. The van der Waals surface area contributed by atoms with Crippen molar-refractivity contribution in [1.82, 2.24) is 19.4 Å². The molecule has 0 spiro atoms. The average Bonchev–Trinajstić information content (AvgIpc) is 3.61. The molecule has 1 fully saturated rings. The van der Waals surface area contributed by atoms with E-state index < -0.39 is 11.7 Å². The number of ether oxygens (including phenoxy) is 1. The molecule has 4 rings (SSSR count). The third-order valence-electron chi connectivity index (χ3n) is 8.85. The monoisotopic (exact) mass is 676 g/mol. The van der Waals surface area contributed by atoms with Crippen LogP contribution in [0.25, 0.3) is 11.0 Å². The van der Waals surface area contributed by atoms with Gasteiger partial charge in [-0.3, -0.25) is 14.9 Å². The minimum absolute atomic E-state index is 0.0178. The highest BCUT2D eigenvalue weighted by Gasteiger charge is 2.34. The first kappa shape index (κ1) is 36.4. The molecule has 1 aliphatic rings. The fourth-order valence-electron chi connectivity index (χ4n) is 5.92. The number of amides is 3.